The van der Waals surface area contributed by atoms with Crippen LogP contribution in [0.5, 0.6) is 0 Å². The van der Waals surface area contributed by atoms with Gasteiger partial charge in [-0.1, -0.05) is 0 Å². The lowest BCUT2D eigenvalue weighted by Crippen LogP contribution is -2.16. The summed E-state index contributed by atoms with van der Waals surface area (Å²) < 4.78 is 18.3. The molecule has 0 saturated carbocycles. The van der Waals surface area contributed by atoms with Gasteiger partial charge in [0.05, 0.1) is 34.5 Å². The number of nitrogens with zero attached hydrogens (tertiary/aromatic N) is 3. The molecule has 1 aliphatic heterocycles. The molecule has 9 heteroatoms. The number of anilines is 1. The van der Waals surface area contributed by atoms with Gasteiger partial charge in [0.15, 0.2) is 10.8 Å². The lowest BCUT2D eigenvalue weighted by Gasteiger charge is -2.14. The summed E-state index contributed by atoms with van der Waals surface area (Å²) in [4.78, 5) is 22.2. The van der Waals surface area contributed by atoms with Crippen molar-refractivity contribution in [3.63, 3.8) is 0 Å². The van der Waals surface area contributed by atoms with Gasteiger partial charge in [0.25, 0.3) is 0 Å². The smallest absolute Gasteiger partial charge is 0.411 e. The zero-order chi connectivity index (χ0) is 19.8. The number of hydrogen-bond donors (Lipinski definition) is 1. The fraction of sp³-hybridized carbons (Fsp3) is 0.250. The highest BCUT2D eigenvalue weighted by Crippen LogP contribution is 2.29. The summed E-state index contributed by atoms with van der Waals surface area (Å²) in [5, 5.41) is 3.53. The van der Waals surface area contributed by atoms with Crippen LogP contribution in [0.15, 0.2) is 41.0 Å². The predicted molar refractivity (Wildman–Crippen MR) is 108 cm³/mol. The summed E-state index contributed by atoms with van der Waals surface area (Å²) in [6.45, 7) is 4.01. The van der Waals surface area contributed by atoms with Crippen molar-refractivity contribution in [2.45, 2.75) is 26.7 Å². The second kappa shape index (κ2) is 7.34. The average molecular weight is 410 g/mol. The van der Waals surface area contributed by atoms with Crippen molar-refractivity contribution in [1.82, 2.24) is 14.5 Å². The van der Waals surface area contributed by atoms with Gasteiger partial charge in [0.2, 0.25) is 0 Å². The molecule has 5 rings (SSSR count). The lowest BCUT2D eigenvalue weighted by atomic mass is 10.2. The highest BCUT2D eigenvalue weighted by atomic mass is 32.1. The molecule has 0 radical (unpaired) electrons. The SMILES string of the molecule is Cc1nc(-c2ccco2)sc1COC(=O)Nc1ccc2c(c1)nc1n2CCOC1. The molecule has 4 aromatic rings. The van der Waals surface area contributed by atoms with Crippen molar-refractivity contribution < 1.29 is 18.7 Å². The van der Waals surface area contributed by atoms with E-state index in [1.54, 1.807) is 6.26 Å². The number of thiazole rings is 1. The minimum absolute atomic E-state index is 0.147. The van der Waals surface area contributed by atoms with E-state index in [0.29, 0.717) is 24.7 Å². The Kier molecular flexibility index (Phi) is 4.53. The topological polar surface area (TPSA) is 91.4 Å². The lowest BCUT2D eigenvalue weighted by molar-refractivity contribution is 0.0830. The van der Waals surface area contributed by atoms with E-state index in [2.05, 4.69) is 19.9 Å². The predicted octanol–water partition coefficient (Wildman–Crippen LogP) is 4.34. The maximum absolute atomic E-state index is 12.2. The number of fused-ring (bicyclic) bond motifs is 3. The Morgan fingerprint density at radius 1 is 1.34 bits per heavy atom. The molecule has 1 aromatic carbocycles. The molecular weight excluding hydrogens is 392 g/mol. The monoisotopic (exact) mass is 410 g/mol. The molecular formula is C20H18N4O4S. The summed E-state index contributed by atoms with van der Waals surface area (Å²) in [7, 11) is 0. The number of ether oxygens (including phenoxy) is 2. The van der Waals surface area contributed by atoms with Crippen LogP contribution in [0.25, 0.3) is 21.8 Å². The molecule has 29 heavy (non-hydrogen) atoms. The van der Waals surface area contributed by atoms with Gasteiger partial charge in [-0.05, 0) is 37.3 Å². The number of imidazole rings is 1. The number of nitrogens with one attached hydrogen (secondary N) is 1. The van der Waals surface area contributed by atoms with Gasteiger partial charge in [-0.25, -0.2) is 14.8 Å². The third-order valence-corrected chi connectivity index (χ3v) is 5.87. The van der Waals surface area contributed by atoms with Crippen LogP contribution >= 0.6 is 11.3 Å². The summed E-state index contributed by atoms with van der Waals surface area (Å²) in [5.41, 5.74) is 3.32. The summed E-state index contributed by atoms with van der Waals surface area (Å²) in [6, 6.07) is 9.31. The standard InChI is InChI=1S/C20H18N4O4S/c1-12-17(29-19(21-12)16-3-2-7-27-16)10-28-20(25)22-13-4-5-15-14(9-13)23-18-11-26-8-6-24(15)18/h2-5,7,9H,6,8,10-11H2,1H3,(H,22,25). The Morgan fingerprint density at radius 3 is 3.14 bits per heavy atom. The van der Waals surface area contributed by atoms with Crippen molar-refractivity contribution in [2.24, 2.45) is 0 Å². The second-order valence-corrected chi connectivity index (χ2v) is 7.73. The Bertz CT molecular complexity index is 1180. The molecule has 0 fully saturated rings. The molecule has 3 aromatic heterocycles. The number of benzene rings is 1. The molecule has 0 spiro atoms. The van der Waals surface area contributed by atoms with Gasteiger partial charge in [0, 0.05) is 12.2 Å². The molecule has 0 unspecified atom stereocenters. The fourth-order valence-electron chi connectivity index (χ4n) is 3.29. The molecule has 1 aliphatic rings. The minimum atomic E-state index is -0.524. The third-order valence-electron chi connectivity index (χ3n) is 4.72. The molecule has 0 bridgehead atoms. The number of hydrogen-bond acceptors (Lipinski definition) is 7. The van der Waals surface area contributed by atoms with E-state index < -0.39 is 6.09 Å². The van der Waals surface area contributed by atoms with Crippen LogP contribution in [0.4, 0.5) is 10.5 Å². The molecule has 4 heterocycles. The van der Waals surface area contributed by atoms with E-state index in [1.165, 1.54) is 11.3 Å². The van der Waals surface area contributed by atoms with E-state index >= 15 is 0 Å². The zero-order valence-corrected chi connectivity index (χ0v) is 16.5. The molecule has 0 aliphatic carbocycles. The van der Waals surface area contributed by atoms with Crippen molar-refractivity contribution in [1.29, 1.82) is 0 Å². The molecule has 8 nitrogen and oxygen atoms in total. The van der Waals surface area contributed by atoms with E-state index in [9.17, 15) is 4.79 Å². The van der Waals surface area contributed by atoms with E-state index in [4.69, 9.17) is 13.9 Å². The maximum atomic E-state index is 12.2. The minimum Gasteiger partial charge on any atom is -0.462 e. The van der Waals surface area contributed by atoms with Crippen molar-refractivity contribution >= 4 is 34.2 Å². The quantitative estimate of drug-likeness (QED) is 0.538. The van der Waals surface area contributed by atoms with Crippen LogP contribution in [-0.2, 0) is 29.2 Å². The second-order valence-electron chi connectivity index (χ2n) is 6.64. The Hall–Kier alpha value is -3.17. The number of amides is 1. The summed E-state index contributed by atoms with van der Waals surface area (Å²) in [6.07, 6.45) is 1.08. The number of aromatic nitrogens is 3. The maximum Gasteiger partial charge on any atom is 0.411 e. The largest absolute Gasteiger partial charge is 0.462 e. The third kappa shape index (κ3) is 3.50. The average Bonchev–Trinajstić information content (AvgIpc) is 3.44. The molecule has 1 N–H and O–H groups in total. The molecule has 0 atom stereocenters. The number of carbonyl (C=O) groups excluding carboxylic acids is 1. The van der Waals surface area contributed by atoms with E-state index in [1.807, 2.05) is 37.3 Å². The van der Waals surface area contributed by atoms with E-state index in [0.717, 1.165) is 39.0 Å². The number of aryl methyl sites for hydroxylation is 1. The summed E-state index contributed by atoms with van der Waals surface area (Å²) in [5.74, 6) is 1.61. The van der Waals surface area contributed by atoms with Crippen molar-refractivity contribution in [3.05, 3.63) is 53.0 Å². The van der Waals surface area contributed by atoms with Crippen molar-refractivity contribution in [2.75, 3.05) is 11.9 Å². The first-order valence-electron chi connectivity index (χ1n) is 9.18. The molecule has 148 valence electrons. The van der Waals surface area contributed by atoms with Gasteiger partial charge < -0.3 is 18.5 Å². The van der Waals surface area contributed by atoms with E-state index in [-0.39, 0.29) is 6.61 Å². The van der Waals surface area contributed by atoms with Crippen LogP contribution < -0.4 is 5.32 Å². The summed E-state index contributed by atoms with van der Waals surface area (Å²) >= 11 is 1.45. The fourth-order valence-corrected chi connectivity index (χ4v) is 4.23. The van der Waals surface area contributed by atoms with Crippen LogP contribution in [0, 0.1) is 6.92 Å². The number of furan rings is 1. The van der Waals surface area contributed by atoms with Crippen LogP contribution in [0.3, 0.4) is 0 Å². The molecule has 1 amide bonds. The Labute approximate surface area is 170 Å². The highest BCUT2D eigenvalue weighted by Gasteiger charge is 2.16. The van der Waals surface area contributed by atoms with Crippen LogP contribution in [-0.4, -0.2) is 27.2 Å². The number of carbonyl (C=O) groups is 1. The normalized spacial score (nSPS) is 13.4. The van der Waals surface area contributed by atoms with Crippen LogP contribution in [0.2, 0.25) is 0 Å². The van der Waals surface area contributed by atoms with Crippen LogP contribution in [0.1, 0.15) is 16.4 Å². The Balaban J connectivity index is 1.25. The first-order chi connectivity index (χ1) is 14.2. The molecule has 0 saturated heterocycles. The van der Waals surface area contributed by atoms with Gasteiger partial charge in [-0.15, -0.1) is 11.3 Å². The van der Waals surface area contributed by atoms with Gasteiger partial charge in [0.1, 0.15) is 19.0 Å². The highest BCUT2D eigenvalue weighted by molar-refractivity contribution is 7.15. The van der Waals surface area contributed by atoms with Gasteiger partial charge in [-0.3, -0.25) is 5.32 Å². The zero-order valence-electron chi connectivity index (χ0n) is 15.7. The first-order valence-corrected chi connectivity index (χ1v) is 10.00. The number of rotatable bonds is 4. The van der Waals surface area contributed by atoms with Crippen molar-refractivity contribution in [3.8, 4) is 10.8 Å². The van der Waals surface area contributed by atoms with Gasteiger partial charge in [-0.2, -0.15) is 0 Å². The first kappa shape index (κ1) is 17.9. The Morgan fingerprint density at radius 2 is 2.28 bits per heavy atom. The van der Waals surface area contributed by atoms with Gasteiger partial charge >= 0.3 is 6.09 Å².